The van der Waals surface area contributed by atoms with Gasteiger partial charge in [0.25, 0.3) is 0 Å². The van der Waals surface area contributed by atoms with Crippen molar-refractivity contribution >= 4 is 30.2 Å². The summed E-state index contributed by atoms with van der Waals surface area (Å²) >= 11 is 0. The van der Waals surface area contributed by atoms with E-state index >= 15 is 0 Å². The van der Waals surface area contributed by atoms with E-state index in [0.717, 1.165) is 5.56 Å². The molecular formula is C14H19ClN6O2. The van der Waals surface area contributed by atoms with E-state index in [4.69, 9.17) is 0 Å². The molecule has 1 heterocycles. The Morgan fingerprint density at radius 1 is 1.17 bits per heavy atom. The summed E-state index contributed by atoms with van der Waals surface area (Å²) in [5.41, 5.74) is 1.02. The number of rotatable bonds is 7. The summed E-state index contributed by atoms with van der Waals surface area (Å²) in [6, 6.07) is 9.62. The molecule has 1 aromatic carbocycles. The molecule has 2 rings (SSSR count). The minimum atomic E-state index is -0.242. The highest BCUT2D eigenvalue weighted by Crippen LogP contribution is 1.98. The van der Waals surface area contributed by atoms with E-state index in [1.54, 1.807) is 7.05 Å². The van der Waals surface area contributed by atoms with Crippen LogP contribution in [0.3, 0.4) is 0 Å². The normalized spacial score (nSPS) is 9.78. The zero-order valence-corrected chi connectivity index (χ0v) is 13.5. The summed E-state index contributed by atoms with van der Waals surface area (Å²) in [6.07, 6.45) is 1.40. The van der Waals surface area contributed by atoms with Gasteiger partial charge < -0.3 is 10.6 Å². The van der Waals surface area contributed by atoms with Crippen LogP contribution in [-0.2, 0) is 22.7 Å². The number of nitrogens with one attached hydrogen (secondary N) is 3. The van der Waals surface area contributed by atoms with E-state index in [1.165, 1.54) is 11.0 Å². The molecule has 3 N–H and O–H groups in total. The molecule has 23 heavy (non-hydrogen) atoms. The van der Waals surface area contributed by atoms with Crippen molar-refractivity contribution in [2.45, 2.75) is 13.1 Å². The molecule has 0 aliphatic carbocycles. The standard InChI is InChI=1S/C14H18N6O2.ClH/c1-15-8-12(21)18-14-17-10-20(19-14)9-13(22)16-7-11-5-3-2-4-6-11;/h2-6,10,15H,7-9H2,1H3,(H,16,22)(H,18,19,21);1H. The predicted octanol–water partition coefficient (Wildman–Crippen LogP) is 0.174. The van der Waals surface area contributed by atoms with Gasteiger partial charge >= 0.3 is 0 Å². The third-order valence-corrected chi connectivity index (χ3v) is 2.76. The van der Waals surface area contributed by atoms with Crippen molar-refractivity contribution in [1.82, 2.24) is 25.4 Å². The number of anilines is 1. The molecule has 0 fully saturated rings. The first-order valence-electron chi connectivity index (χ1n) is 6.82. The summed E-state index contributed by atoms with van der Waals surface area (Å²) in [5, 5.41) is 12.0. The van der Waals surface area contributed by atoms with Gasteiger partial charge in [0.1, 0.15) is 12.9 Å². The molecule has 1 aromatic heterocycles. The molecule has 0 aliphatic rings. The van der Waals surface area contributed by atoms with Crippen LogP contribution in [0.15, 0.2) is 36.7 Å². The van der Waals surface area contributed by atoms with Gasteiger partial charge in [0, 0.05) is 6.54 Å². The summed E-state index contributed by atoms with van der Waals surface area (Å²) < 4.78 is 1.37. The second kappa shape index (κ2) is 9.54. The molecule has 2 amide bonds. The Kier molecular flexibility index (Phi) is 7.72. The van der Waals surface area contributed by atoms with Crippen molar-refractivity contribution in [2.75, 3.05) is 18.9 Å². The fourth-order valence-corrected chi connectivity index (χ4v) is 1.76. The van der Waals surface area contributed by atoms with Crippen molar-refractivity contribution in [3.63, 3.8) is 0 Å². The second-order valence-electron chi connectivity index (χ2n) is 4.61. The number of halogens is 1. The number of hydrogen-bond acceptors (Lipinski definition) is 5. The van der Waals surface area contributed by atoms with Gasteiger partial charge in [-0.3, -0.25) is 14.9 Å². The second-order valence-corrected chi connectivity index (χ2v) is 4.61. The fraction of sp³-hybridized carbons (Fsp3) is 0.286. The van der Waals surface area contributed by atoms with Gasteiger partial charge in [0.2, 0.25) is 17.8 Å². The maximum Gasteiger partial charge on any atom is 0.248 e. The van der Waals surface area contributed by atoms with E-state index in [0.29, 0.717) is 6.54 Å². The fourth-order valence-electron chi connectivity index (χ4n) is 1.76. The van der Waals surface area contributed by atoms with E-state index in [1.807, 2.05) is 30.3 Å². The summed E-state index contributed by atoms with van der Waals surface area (Å²) in [4.78, 5) is 27.1. The molecule has 0 bridgehead atoms. The Morgan fingerprint density at radius 2 is 1.91 bits per heavy atom. The van der Waals surface area contributed by atoms with Crippen LogP contribution in [0, 0.1) is 0 Å². The highest BCUT2D eigenvalue weighted by Gasteiger charge is 2.08. The molecule has 0 spiro atoms. The Bertz CT molecular complexity index is 631. The van der Waals surface area contributed by atoms with E-state index < -0.39 is 0 Å². The van der Waals surface area contributed by atoms with E-state index in [-0.39, 0.29) is 43.3 Å². The first-order valence-corrected chi connectivity index (χ1v) is 6.82. The van der Waals surface area contributed by atoms with Gasteiger partial charge in [-0.25, -0.2) is 9.67 Å². The molecule has 8 nitrogen and oxygen atoms in total. The molecule has 2 aromatic rings. The number of benzene rings is 1. The van der Waals surface area contributed by atoms with Crippen molar-refractivity contribution < 1.29 is 9.59 Å². The maximum absolute atomic E-state index is 11.8. The smallest absolute Gasteiger partial charge is 0.248 e. The predicted molar refractivity (Wildman–Crippen MR) is 88.1 cm³/mol. The van der Waals surface area contributed by atoms with Crippen LogP contribution < -0.4 is 16.0 Å². The number of hydrogen-bond donors (Lipinski definition) is 3. The van der Waals surface area contributed by atoms with Crippen LogP contribution >= 0.6 is 12.4 Å². The molecule has 0 aliphatic heterocycles. The maximum atomic E-state index is 11.8. The van der Waals surface area contributed by atoms with Crippen LogP contribution in [0.5, 0.6) is 0 Å². The zero-order valence-electron chi connectivity index (χ0n) is 12.7. The molecular weight excluding hydrogens is 320 g/mol. The van der Waals surface area contributed by atoms with Crippen LogP contribution in [-0.4, -0.2) is 40.2 Å². The van der Waals surface area contributed by atoms with Gasteiger partial charge in [-0.2, -0.15) is 0 Å². The Hall–Kier alpha value is -2.45. The van der Waals surface area contributed by atoms with Crippen LogP contribution in [0.25, 0.3) is 0 Å². The monoisotopic (exact) mass is 338 g/mol. The molecule has 0 saturated heterocycles. The SMILES string of the molecule is CNCC(=O)Nc1ncn(CC(=O)NCc2ccccc2)n1.Cl. The largest absolute Gasteiger partial charge is 0.350 e. The van der Waals surface area contributed by atoms with Crippen LogP contribution in [0.2, 0.25) is 0 Å². The third-order valence-electron chi connectivity index (χ3n) is 2.76. The molecule has 9 heteroatoms. The van der Waals surface area contributed by atoms with Gasteiger partial charge in [-0.15, -0.1) is 17.5 Å². The number of likely N-dealkylation sites (N-methyl/N-ethyl adjacent to an activating group) is 1. The van der Waals surface area contributed by atoms with Gasteiger partial charge in [0.15, 0.2) is 0 Å². The number of amides is 2. The average molecular weight is 339 g/mol. The zero-order chi connectivity index (χ0) is 15.8. The van der Waals surface area contributed by atoms with Gasteiger partial charge in [-0.1, -0.05) is 30.3 Å². The lowest BCUT2D eigenvalue weighted by Crippen LogP contribution is -2.27. The lowest BCUT2D eigenvalue weighted by Gasteiger charge is -2.05. The number of aromatic nitrogens is 3. The van der Waals surface area contributed by atoms with E-state index in [9.17, 15) is 9.59 Å². The molecule has 0 atom stereocenters. The topological polar surface area (TPSA) is 101 Å². The van der Waals surface area contributed by atoms with Crippen molar-refractivity contribution in [2.24, 2.45) is 0 Å². The Morgan fingerprint density at radius 3 is 2.61 bits per heavy atom. The number of carbonyl (C=O) groups is 2. The quantitative estimate of drug-likeness (QED) is 0.668. The minimum Gasteiger partial charge on any atom is -0.350 e. The first-order chi connectivity index (χ1) is 10.7. The molecule has 0 saturated carbocycles. The molecule has 0 radical (unpaired) electrons. The minimum absolute atomic E-state index is 0. The van der Waals surface area contributed by atoms with Crippen molar-refractivity contribution in [3.8, 4) is 0 Å². The Balaban J connectivity index is 0.00000264. The Labute approximate surface area is 140 Å². The lowest BCUT2D eigenvalue weighted by atomic mass is 10.2. The van der Waals surface area contributed by atoms with Crippen LogP contribution in [0.4, 0.5) is 5.95 Å². The van der Waals surface area contributed by atoms with Gasteiger partial charge in [-0.05, 0) is 12.6 Å². The summed E-state index contributed by atoms with van der Waals surface area (Å²) in [5.74, 6) is -0.244. The number of nitrogens with zero attached hydrogens (tertiary/aromatic N) is 3. The van der Waals surface area contributed by atoms with E-state index in [2.05, 4.69) is 26.0 Å². The summed E-state index contributed by atoms with van der Waals surface area (Å²) in [7, 11) is 1.67. The number of carbonyl (C=O) groups excluding carboxylic acids is 2. The van der Waals surface area contributed by atoms with Crippen molar-refractivity contribution in [3.05, 3.63) is 42.2 Å². The molecule has 0 unspecified atom stereocenters. The lowest BCUT2D eigenvalue weighted by molar-refractivity contribution is -0.122. The highest BCUT2D eigenvalue weighted by molar-refractivity contribution is 5.90. The highest BCUT2D eigenvalue weighted by atomic mass is 35.5. The van der Waals surface area contributed by atoms with Crippen molar-refractivity contribution in [1.29, 1.82) is 0 Å². The van der Waals surface area contributed by atoms with Gasteiger partial charge in [0.05, 0.1) is 6.54 Å². The van der Waals surface area contributed by atoms with Crippen LogP contribution in [0.1, 0.15) is 5.56 Å². The third kappa shape index (κ3) is 6.45. The molecule has 124 valence electrons. The average Bonchev–Trinajstić information content (AvgIpc) is 2.93. The first kappa shape index (κ1) is 18.6. The summed E-state index contributed by atoms with van der Waals surface area (Å²) in [6.45, 7) is 0.675.